The summed E-state index contributed by atoms with van der Waals surface area (Å²) in [6.45, 7) is 0. The second kappa shape index (κ2) is 6.07. The molecule has 1 heterocycles. The number of hydrazone groups is 1. The van der Waals surface area contributed by atoms with Crippen LogP contribution in [0.25, 0.3) is 0 Å². The van der Waals surface area contributed by atoms with E-state index in [9.17, 15) is 4.79 Å². The van der Waals surface area contributed by atoms with Gasteiger partial charge in [-0.1, -0.05) is 28.1 Å². The zero-order valence-electron chi connectivity index (χ0n) is 9.38. The van der Waals surface area contributed by atoms with Crippen molar-refractivity contribution in [1.82, 2.24) is 10.4 Å². The van der Waals surface area contributed by atoms with Crippen LogP contribution in [-0.4, -0.2) is 17.1 Å². The molecule has 0 fully saturated rings. The number of nitrogens with zero attached hydrogens (tertiary/aromatic N) is 2. The van der Waals surface area contributed by atoms with Gasteiger partial charge in [-0.25, -0.2) is 5.43 Å². The number of amides is 1. The molecule has 0 radical (unpaired) electrons. The third kappa shape index (κ3) is 3.49. The van der Waals surface area contributed by atoms with E-state index >= 15 is 0 Å². The molecule has 1 N–H and O–H groups in total. The predicted octanol–water partition coefficient (Wildman–Crippen LogP) is 2.61. The van der Waals surface area contributed by atoms with Gasteiger partial charge in [0.25, 0.3) is 5.91 Å². The molecular formula is C13H10BrN3O. The molecule has 2 aromatic rings. The van der Waals surface area contributed by atoms with Gasteiger partial charge in [0, 0.05) is 16.9 Å². The number of benzene rings is 1. The van der Waals surface area contributed by atoms with Crippen LogP contribution in [0, 0.1) is 0 Å². The maximum absolute atomic E-state index is 11.6. The topological polar surface area (TPSA) is 54.4 Å². The first-order valence-corrected chi connectivity index (χ1v) is 6.04. The summed E-state index contributed by atoms with van der Waals surface area (Å²) in [7, 11) is 0. The molecule has 2 rings (SSSR count). The minimum absolute atomic E-state index is 0.281. The van der Waals surface area contributed by atoms with Gasteiger partial charge < -0.3 is 0 Å². The van der Waals surface area contributed by atoms with Gasteiger partial charge in [0.1, 0.15) is 0 Å². The fourth-order valence-corrected chi connectivity index (χ4v) is 1.54. The maximum atomic E-state index is 11.6. The van der Waals surface area contributed by atoms with E-state index in [-0.39, 0.29) is 5.91 Å². The molecule has 1 aromatic carbocycles. The van der Waals surface area contributed by atoms with Gasteiger partial charge in [-0.15, -0.1) is 0 Å². The predicted molar refractivity (Wildman–Crippen MR) is 73.4 cm³/mol. The highest BCUT2D eigenvalue weighted by atomic mass is 79.9. The summed E-state index contributed by atoms with van der Waals surface area (Å²) >= 11 is 3.35. The number of aromatic nitrogens is 1. The van der Waals surface area contributed by atoms with Crippen LogP contribution in [0.5, 0.6) is 0 Å². The molecule has 0 bridgehead atoms. The fourth-order valence-electron chi connectivity index (χ4n) is 1.28. The van der Waals surface area contributed by atoms with Crippen molar-refractivity contribution in [2.45, 2.75) is 0 Å². The zero-order chi connectivity index (χ0) is 12.8. The fraction of sp³-hybridized carbons (Fsp3) is 0. The van der Waals surface area contributed by atoms with Crippen LogP contribution in [-0.2, 0) is 0 Å². The van der Waals surface area contributed by atoms with Crippen LogP contribution >= 0.6 is 15.9 Å². The van der Waals surface area contributed by atoms with Crippen LogP contribution in [0.4, 0.5) is 0 Å². The first-order valence-electron chi connectivity index (χ1n) is 5.25. The second-order valence-electron chi connectivity index (χ2n) is 3.49. The van der Waals surface area contributed by atoms with Crippen molar-refractivity contribution in [2.24, 2.45) is 5.10 Å². The first kappa shape index (κ1) is 12.4. The number of halogens is 1. The Morgan fingerprint density at radius 2 is 2.06 bits per heavy atom. The molecule has 5 heteroatoms. The molecule has 90 valence electrons. The molecular weight excluding hydrogens is 294 g/mol. The summed E-state index contributed by atoms with van der Waals surface area (Å²) in [6.07, 6.45) is 4.69. The lowest BCUT2D eigenvalue weighted by molar-refractivity contribution is 0.0955. The smallest absolute Gasteiger partial charge is 0.267 e. The monoisotopic (exact) mass is 303 g/mol. The maximum Gasteiger partial charge on any atom is 0.272 e. The Kier molecular flexibility index (Phi) is 4.20. The molecule has 0 spiro atoms. The Hall–Kier alpha value is -2.01. The van der Waals surface area contributed by atoms with E-state index in [0.717, 1.165) is 10.0 Å². The van der Waals surface area contributed by atoms with E-state index in [0.29, 0.717) is 5.56 Å². The number of nitrogens with one attached hydrogen (secondary N) is 1. The van der Waals surface area contributed by atoms with E-state index in [4.69, 9.17) is 0 Å². The van der Waals surface area contributed by atoms with Gasteiger partial charge in [0.15, 0.2) is 0 Å². The SMILES string of the molecule is O=C(NN=Cc1ccc(Br)cc1)c1cccnc1. The average Bonchev–Trinajstić information content (AvgIpc) is 2.42. The van der Waals surface area contributed by atoms with E-state index in [2.05, 4.69) is 31.4 Å². The molecule has 1 amide bonds. The van der Waals surface area contributed by atoms with Crippen molar-refractivity contribution < 1.29 is 4.79 Å². The van der Waals surface area contributed by atoms with Crippen LogP contribution < -0.4 is 5.43 Å². The van der Waals surface area contributed by atoms with Crippen LogP contribution in [0.3, 0.4) is 0 Å². The quantitative estimate of drug-likeness (QED) is 0.700. The largest absolute Gasteiger partial charge is 0.272 e. The summed E-state index contributed by atoms with van der Waals surface area (Å²) in [4.78, 5) is 15.5. The van der Waals surface area contributed by atoms with Crippen molar-refractivity contribution in [2.75, 3.05) is 0 Å². The number of carbonyl (C=O) groups excluding carboxylic acids is 1. The van der Waals surface area contributed by atoms with Gasteiger partial charge in [-0.05, 0) is 29.8 Å². The normalized spacial score (nSPS) is 10.5. The van der Waals surface area contributed by atoms with E-state index in [1.807, 2.05) is 24.3 Å². The van der Waals surface area contributed by atoms with Gasteiger partial charge in [0.2, 0.25) is 0 Å². The van der Waals surface area contributed by atoms with E-state index < -0.39 is 0 Å². The molecule has 0 atom stereocenters. The number of rotatable bonds is 3. The van der Waals surface area contributed by atoms with Crippen molar-refractivity contribution in [1.29, 1.82) is 0 Å². The molecule has 4 nitrogen and oxygen atoms in total. The van der Waals surface area contributed by atoms with Gasteiger partial charge in [-0.3, -0.25) is 9.78 Å². The van der Waals surface area contributed by atoms with Crippen molar-refractivity contribution >= 4 is 28.1 Å². The number of pyridine rings is 1. The molecule has 0 aliphatic carbocycles. The summed E-state index contributed by atoms with van der Waals surface area (Å²) in [6, 6.07) is 11.0. The summed E-state index contributed by atoms with van der Waals surface area (Å²) in [5.41, 5.74) is 3.83. The van der Waals surface area contributed by atoms with Gasteiger partial charge in [-0.2, -0.15) is 5.10 Å². The highest BCUT2D eigenvalue weighted by Gasteiger charge is 2.01. The minimum atomic E-state index is -0.281. The second-order valence-corrected chi connectivity index (χ2v) is 4.41. The Bertz CT molecular complexity index is 552. The molecule has 1 aromatic heterocycles. The Morgan fingerprint density at radius 1 is 1.28 bits per heavy atom. The van der Waals surface area contributed by atoms with Crippen molar-refractivity contribution in [3.8, 4) is 0 Å². The lowest BCUT2D eigenvalue weighted by atomic mass is 10.2. The molecule has 0 saturated heterocycles. The lowest BCUT2D eigenvalue weighted by Gasteiger charge is -1.98. The third-order valence-electron chi connectivity index (χ3n) is 2.17. The van der Waals surface area contributed by atoms with E-state index in [1.54, 1.807) is 24.5 Å². The number of hydrogen-bond acceptors (Lipinski definition) is 3. The molecule has 0 aliphatic rings. The lowest BCUT2D eigenvalue weighted by Crippen LogP contribution is -2.17. The summed E-state index contributed by atoms with van der Waals surface area (Å²) in [5.74, 6) is -0.281. The molecule has 0 aliphatic heterocycles. The first-order chi connectivity index (χ1) is 8.75. The van der Waals surface area contributed by atoms with Crippen molar-refractivity contribution in [3.05, 3.63) is 64.4 Å². The Morgan fingerprint density at radius 3 is 2.72 bits per heavy atom. The average molecular weight is 304 g/mol. The Labute approximate surface area is 113 Å². The van der Waals surface area contributed by atoms with Gasteiger partial charge in [0.05, 0.1) is 11.8 Å². The minimum Gasteiger partial charge on any atom is -0.267 e. The Balaban J connectivity index is 1.96. The number of carbonyl (C=O) groups is 1. The standard InChI is InChI=1S/C13H10BrN3O/c14-12-5-3-10(4-6-12)8-16-17-13(18)11-2-1-7-15-9-11/h1-9H,(H,17,18). The van der Waals surface area contributed by atoms with Gasteiger partial charge >= 0.3 is 0 Å². The van der Waals surface area contributed by atoms with Crippen LogP contribution in [0.15, 0.2) is 58.4 Å². The summed E-state index contributed by atoms with van der Waals surface area (Å²) in [5, 5.41) is 3.88. The van der Waals surface area contributed by atoms with Crippen molar-refractivity contribution in [3.63, 3.8) is 0 Å². The third-order valence-corrected chi connectivity index (χ3v) is 2.70. The van der Waals surface area contributed by atoms with Crippen LogP contribution in [0.2, 0.25) is 0 Å². The number of hydrogen-bond donors (Lipinski definition) is 1. The molecule has 0 saturated carbocycles. The highest BCUT2D eigenvalue weighted by Crippen LogP contribution is 2.08. The zero-order valence-corrected chi connectivity index (χ0v) is 11.0. The summed E-state index contributed by atoms with van der Waals surface area (Å²) < 4.78 is 0.999. The molecule has 18 heavy (non-hydrogen) atoms. The highest BCUT2D eigenvalue weighted by molar-refractivity contribution is 9.10. The van der Waals surface area contributed by atoms with Crippen LogP contribution in [0.1, 0.15) is 15.9 Å². The van der Waals surface area contributed by atoms with E-state index in [1.165, 1.54) is 6.20 Å². The molecule has 0 unspecified atom stereocenters.